The number of thiophene rings is 1. The molecule has 122 valence electrons. The number of likely N-dealkylation sites (N-methyl/N-ethyl adjacent to an activating group) is 1. The van der Waals surface area contributed by atoms with E-state index in [1.165, 1.54) is 11.3 Å². The first kappa shape index (κ1) is 18.6. The Balaban J connectivity index is 2.72. The molecular formula is C14H27N3O2S2. The van der Waals surface area contributed by atoms with Gasteiger partial charge in [-0.1, -0.05) is 6.92 Å². The van der Waals surface area contributed by atoms with E-state index in [0.717, 1.165) is 16.9 Å². The van der Waals surface area contributed by atoms with Crippen LogP contribution >= 0.6 is 11.3 Å². The molecule has 5 nitrogen and oxygen atoms in total. The van der Waals surface area contributed by atoms with Crippen LogP contribution in [0.2, 0.25) is 0 Å². The van der Waals surface area contributed by atoms with Gasteiger partial charge in [-0.2, -0.15) is 0 Å². The van der Waals surface area contributed by atoms with Crippen molar-refractivity contribution in [3.05, 3.63) is 15.8 Å². The fourth-order valence-corrected chi connectivity index (χ4v) is 4.93. The van der Waals surface area contributed by atoms with E-state index in [1.807, 2.05) is 26.4 Å². The van der Waals surface area contributed by atoms with Crippen molar-refractivity contribution < 1.29 is 8.42 Å². The van der Waals surface area contributed by atoms with Crippen molar-refractivity contribution in [2.45, 2.75) is 44.7 Å². The molecule has 21 heavy (non-hydrogen) atoms. The van der Waals surface area contributed by atoms with Crippen LogP contribution in [-0.4, -0.2) is 46.5 Å². The molecule has 0 aliphatic heterocycles. The molecule has 1 atom stereocenters. The number of sulfonamides is 1. The van der Waals surface area contributed by atoms with Gasteiger partial charge in [-0.05, 0) is 45.3 Å². The van der Waals surface area contributed by atoms with E-state index in [1.54, 1.807) is 0 Å². The van der Waals surface area contributed by atoms with E-state index >= 15 is 0 Å². The molecule has 1 heterocycles. The van der Waals surface area contributed by atoms with Gasteiger partial charge in [0.05, 0.1) is 0 Å². The maximum atomic E-state index is 12.5. The topological polar surface area (TPSA) is 61.4 Å². The number of nitrogens with zero attached hydrogens (tertiary/aromatic N) is 1. The molecule has 1 aromatic rings. The molecule has 1 unspecified atom stereocenters. The lowest BCUT2D eigenvalue weighted by Crippen LogP contribution is -2.37. The van der Waals surface area contributed by atoms with Gasteiger partial charge < -0.3 is 10.2 Å². The molecule has 0 spiro atoms. The fourth-order valence-electron chi connectivity index (χ4n) is 2.09. The quantitative estimate of drug-likeness (QED) is 0.723. The predicted octanol–water partition coefficient (Wildman–Crippen LogP) is 1.78. The SMILES string of the molecule is CCC(C)N(C)CCNS(=O)(=O)c1c(C)csc1CNC. The van der Waals surface area contributed by atoms with Crippen LogP contribution in [0.25, 0.3) is 0 Å². The highest BCUT2D eigenvalue weighted by Gasteiger charge is 2.22. The lowest BCUT2D eigenvalue weighted by atomic mass is 10.2. The van der Waals surface area contributed by atoms with Crippen LogP contribution in [0.3, 0.4) is 0 Å². The Morgan fingerprint density at radius 2 is 2.10 bits per heavy atom. The van der Waals surface area contributed by atoms with Gasteiger partial charge in [0.1, 0.15) is 4.90 Å². The average Bonchev–Trinajstić information content (AvgIpc) is 2.79. The number of nitrogens with one attached hydrogen (secondary N) is 2. The molecule has 0 bridgehead atoms. The van der Waals surface area contributed by atoms with E-state index in [4.69, 9.17) is 0 Å². The van der Waals surface area contributed by atoms with Crippen molar-refractivity contribution >= 4 is 21.4 Å². The summed E-state index contributed by atoms with van der Waals surface area (Å²) in [4.78, 5) is 3.46. The highest BCUT2D eigenvalue weighted by molar-refractivity contribution is 7.89. The van der Waals surface area contributed by atoms with E-state index < -0.39 is 10.0 Å². The van der Waals surface area contributed by atoms with Gasteiger partial charge >= 0.3 is 0 Å². The number of aryl methyl sites for hydroxylation is 1. The third-order valence-corrected chi connectivity index (χ3v) is 6.62. The molecule has 0 aromatic carbocycles. The normalized spacial score (nSPS) is 13.8. The Kier molecular flexibility index (Phi) is 7.29. The summed E-state index contributed by atoms with van der Waals surface area (Å²) in [6.45, 7) is 7.82. The first-order valence-electron chi connectivity index (χ1n) is 7.25. The minimum atomic E-state index is -3.43. The van der Waals surface area contributed by atoms with Crippen LogP contribution in [0.5, 0.6) is 0 Å². The highest BCUT2D eigenvalue weighted by atomic mass is 32.2. The summed E-state index contributed by atoms with van der Waals surface area (Å²) >= 11 is 1.48. The van der Waals surface area contributed by atoms with Crippen molar-refractivity contribution in [2.75, 3.05) is 27.2 Å². The van der Waals surface area contributed by atoms with E-state index in [0.29, 0.717) is 30.6 Å². The molecule has 1 rings (SSSR count). The Bertz CT molecular complexity index is 540. The average molecular weight is 334 g/mol. The van der Waals surface area contributed by atoms with Crippen molar-refractivity contribution in [3.8, 4) is 0 Å². The van der Waals surface area contributed by atoms with E-state index in [-0.39, 0.29) is 0 Å². The molecule has 0 aliphatic carbocycles. The summed E-state index contributed by atoms with van der Waals surface area (Å²) < 4.78 is 27.7. The summed E-state index contributed by atoms with van der Waals surface area (Å²) in [7, 11) is 0.403. The first-order valence-corrected chi connectivity index (χ1v) is 9.61. The Morgan fingerprint density at radius 3 is 2.67 bits per heavy atom. The van der Waals surface area contributed by atoms with Crippen LogP contribution in [0.15, 0.2) is 10.3 Å². The van der Waals surface area contributed by atoms with Gasteiger partial charge in [-0.25, -0.2) is 13.1 Å². The summed E-state index contributed by atoms with van der Waals surface area (Å²) in [5.41, 5.74) is 0.813. The third-order valence-electron chi connectivity index (χ3n) is 3.70. The summed E-state index contributed by atoms with van der Waals surface area (Å²) in [5, 5.41) is 4.91. The van der Waals surface area contributed by atoms with Crippen LogP contribution < -0.4 is 10.0 Å². The molecule has 0 radical (unpaired) electrons. The van der Waals surface area contributed by atoms with Gasteiger partial charge in [-0.3, -0.25) is 0 Å². The Labute approximate surface area is 132 Å². The van der Waals surface area contributed by atoms with Crippen molar-refractivity contribution in [2.24, 2.45) is 0 Å². The number of hydrogen-bond donors (Lipinski definition) is 2. The van der Waals surface area contributed by atoms with Crippen LogP contribution in [0.4, 0.5) is 0 Å². The zero-order valence-corrected chi connectivity index (χ0v) is 15.2. The second-order valence-corrected chi connectivity index (χ2v) is 8.00. The van der Waals surface area contributed by atoms with Crippen molar-refractivity contribution in [3.63, 3.8) is 0 Å². The van der Waals surface area contributed by atoms with Gasteiger partial charge in [0, 0.05) is 30.6 Å². The number of rotatable bonds is 9. The predicted molar refractivity (Wildman–Crippen MR) is 89.4 cm³/mol. The number of hydrogen-bond acceptors (Lipinski definition) is 5. The highest BCUT2D eigenvalue weighted by Crippen LogP contribution is 2.26. The molecular weight excluding hydrogens is 306 g/mol. The summed E-state index contributed by atoms with van der Waals surface area (Å²) in [6.07, 6.45) is 1.05. The van der Waals surface area contributed by atoms with Crippen molar-refractivity contribution in [1.82, 2.24) is 14.9 Å². The molecule has 1 aromatic heterocycles. The molecule has 2 N–H and O–H groups in total. The second-order valence-electron chi connectivity index (χ2n) is 5.34. The van der Waals surface area contributed by atoms with Crippen LogP contribution in [0.1, 0.15) is 30.7 Å². The van der Waals surface area contributed by atoms with Crippen LogP contribution in [-0.2, 0) is 16.6 Å². The third kappa shape index (κ3) is 5.03. The zero-order valence-electron chi connectivity index (χ0n) is 13.6. The monoisotopic (exact) mass is 333 g/mol. The minimum Gasteiger partial charge on any atom is -0.315 e. The van der Waals surface area contributed by atoms with Crippen molar-refractivity contribution in [1.29, 1.82) is 0 Å². The zero-order chi connectivity index (χ0) is 16.0. The fraction of sp³-hybridized carbons (Fsp3) is 0.714. The maximum Gasteiger partial charge on any atom is 0.242 e. The van der Waals surface area contributed by atoms with Gasteiger partial charge in [0.2, 0.25) is 10.0 Å². The lowest BCUT2D eigenvalue weighted by molar-refractivity contribution is 0.256. The van der Waals surface area contributed by atoms with Gasteiger partial charge in [-0.15, -0.1) is 11.3 Å². The smallest absolute Gasteiger partial charge is 0.242 e. The van der Waals surface area contributed by atoms with Crippen LogP contribution in [0, 0.1) is 6.92 Å². The van der Waals surface area contributed by atoms with Gasteiger partial charge in [0.15, 0.2) is 0 Å². The molecule has 0 amide bonds. The maximum absolute atomic E-state index is 12.5. The second kappa shape index (κ2) is 8.24. The summed E-state index contributed by atoms with van der Waals surface area (Å²) in [5.74, 6) is 0. The molecule has 7 heteroatoms. The minimum absolute atomic E-state index is 0.428. The molecule has 0 aliphatic rings. The molecule has 0 fully saturated rings. The molecule has 0 saturated heterocycles. The van der Waals surface area contributed by atoms with E-state index in [9.17, 15) is 8.42 Å². The largest absolute Gasteiger partial charge is 0.315 e. The molecule has 0 saturated carbocycles. The Hall–Kier alpha value is -0.470. The van der Waals surface area contributed by atoms with E-state index in [2.05, 4.69) is 28.8 Å². The first-order chi connectivity index (χ1) is 9.83. The standard InChI is InChI=1S/C14H27N3O2S2/c1-6-12(3)17(5)8-7-16-21(18,19)14-11(2)10-20-13(14)9-15-4/h10,12,15-16H,6-9H2,1-5H3. The van der Waals surface area contributed by atoms with Gasteiger partial charge in [0.25, 0.3) is 0 Å². The summed E-state index contributed by atoms with van der Waals surface area (Å²) in [6, 6.07) is 0.456. The Morgan fingerprint density at radius 1 is 1.43 bits per heavy atom. The lowest BCUT2D eigenvalue weighted by Gasteiger charge is -2.23.